The maximum atomic E-state index is 5.22. The lowest BCUT2D eigenvalue weighted by Crippen LogP contribution is -2.05. The molecule has 0 saturated heterocycles. The summed E-state index contributed by atoms with van der Waals surface area (Å²) >= 11 is 0. The van der Waals surface area contributed by atoms with Gasteiger partial charge in [-0.15, -0.1) is 0 Å². The van der Waals surface area contributed by atoms with Crippen LogP contribution in [0.1, 0.15) is 64.4 Å². The number of unbranched alkanes of at least 4 members (excludes halogenated alkanes) is 3. The van der Waals surface area contributed by atoms with E-state index in [9.17, 15) is 0 Å². The van der Waals surface area contributed by atoms with Gasteiger partial charge in [0.2, 0.25) is 0 Å². The number of ether oxygens (including phenoxy) is 1. The summed E-state index contributed by atoms with van der Waals surface area (Å²) in [5.74, 6) is 1.82. The minimum atomic E-state index is 0.861. The Morgan fingerprint density at radius 3 is 2.11 bits per heavy atom. The van der Waals surface area contributed by atoms with Crippen LogP contribution in [-0.4, -0.2) is 7.11 Å². The second-order valence-electron chi connectivity index (χ2n) is 5.56. The Morgan fingerprint density at radius 2 is 1.53 bits per heavy atom. The van der Waals surface area contributed by atoms with Crippen molar-refractivity contribution in [2.45, 2.75) is 65.2 Å². The lowest BCUT2D eigenvalue weighted by atomic mass is 9.89. The number of methoxy groups -OCH3 is 1. The highest BCUT2D eigenvalue weighted by Gasteiger charge is 2.09. The number of hydrogen-bond acceptors (Lipinski definition) is 1. The molecule has 0 aliphatic carbocycles. The van der Waals surface area contributed by atoms with E-state index in [2.05, 4.69) is 38.1 Å². The van der Waals surface area contributed by atoms with Crippen LogP contribution in [0.15, 0.2) is 24.3 Å². The molecule has 0 bridgehead atoms. The Hall–Kier alpha value is -0.980. The van der Waals surface area contributed by atoms with Crippen molar-refractivity contribution in [3.63, 3.8) is 0 Å². The molecular formula is C18H30O. The predicted molar refractivity (Wildman–Crippen MR) is 83.9 cm³/mol. The second kappa shape index (κ2) is 9.89. The molecule has 1 heteroatoms. The third kappa shape index (κ3) is 6.66. The van der Waals surface area contributed by atoms with Crippen LogP contribution in [-0.2, 0) is 6.42 Å². The van der Waals surface area contributed by atoms with Crippen LogP contribution in [0.2, 0.25) is 0 Å². The van der Waals surface area contributed by atoms with Crippen LogP contribution in [0, 0.1) is 5.92 Å². The van der Waals surface area contributed by atoms with Crippen LogP contribution in [0.3, 0.4) is 0 Å². The molecular weight excluding hydrogens is 232 g/mol. The van der Waals surface area contributed by atoms with Crippen molar-refractivity contribution in [1.29, 1.82) is 0 Å². The van der Waals surface area contributed by atoms with E-state index in [-0.39, 0.29) is 0 Å². The van der Waals surface area contributed by atoms with E-state index in [1.54, 1.807) is 7.11 Å². The van der Waals surface area contributed by atoms with Crippen molar-refractivity contribution in [2.75, 3.05) is 7.11 Å². The summed E-state index contributed by atoms with van der Waals surface area (Å²) in [5.41, 5.74) is 1.46. The molecule has 0 aliphatic rings. The Morgan fingerprint density at radius 1 is 0.895 bits per heavy atom. The second-order valence-corrected chi connectivity index (χ2v) is 5.56. The van der Waals surface area contributed by atoms with Crippen LogP contribution in [0.5, 0.6) is 5.75 Å². The molecule has 0 fully saturated rings. The largest absolute Gasteiger partial charge is 0.497 e. The average Bonchev–Trinajstić information content (AvgIpc) is 2.45. The highest BCUT2D eigenvalue weighted by molar-refractivity contribution is 5.27. The molecule has 0 amide bonds. The average molecular weight is 262 g/mol. The van der Waals surface area contributed by atoms with Gasteiger partial charge in [0.25, 0.3) is 0 Å². The quantitative estimate of drug-likeness (QED) is 0.497. The van der Waals surface area contributed by atoms with Crippen LogP contribution in [0.4, 0.5) is 0 Å². The van der Waals surface area contributed by atoms with Gasteiger partial charge in [0, 0.05) is 0 Å². The molecule has 19 heavy (non-hydrogen) atoms. The Bertz CT molecular complexity index is 315. The molecule has 1 aromatic carbocycles. The van der Waals surface area contributed by atoms with Crippen molar-refractivity contribution in [2.24, 2.45) is 5.92 Å². The van der Waals surface area contributed by atoms with Crippen molar-refractivity contribution in [3.05, 3.63) is 29.8 Å². The van der Waals surface area contributed by atoms with E-state index in [4.69, 9.17) is 4.74 Å². The molecule has 0 radical (unpaired) electrons. The first-order valence-corrected chi connectivity index (χ1v) is 7.93. The van der Waals surface area contributed by atoms with Gasteiger partial charge >= 0.3 is 0 Å². The predicted octanol–water partition coefficient (Wildman–Crippen LogP) is 5.62. The van der Waals surface area contributed by atoms with Crippen LogP contribution >= 0.6 is 0 Å². The Kier molecular flexibility index (Phi) is 8.36. The number of benzene rings is 1. The van der Waals surface area contributed by atoms with Crippen molar-refractivity contribution in [3.8, 4) is 5.75 Å². The first kappa shape index (κ1) is 16.1. The van der Waals surface area contributed by atoms with Gasteiger partial charge in [-0.1, -0.05) is 70.9 Å². The van der Waals surface area contributed by atoms with Gasteiger partial charge in [0.15, 0.2) is 0 Å². The summed E-state index contributed by atoms with van der Waals surface area (Å²) in [6, 6.07) is 8.60. The lowest BCUT2D eigenvalue weighted by Gasteiger charge is -2.17. The van der Waals surface area contributed by atoms with E-state index in [0.29, 0.717) is 0 Å². The molecule has 0 N–H and O–H groups in total. The van der Waals surface area contributed by atoms with Gasteiger partial charge in [0.1, 0.15) is 5.75 Å². The summed E-state index contributed by atoms with van der Waals surface area (Å²) in [5, 5.41) is 0. The van der Waals surface area contributed by atoms with Crippen molar-refractivity contribution >= 4 is 0 Å². The van der Waals surface area contributed by atoms with Gasteiger partial charge in [-0.3, -0.25) is 0 Å². The van der Waals surface area contributed by atoms with Gasteiger partial charge < -0.3 is 4.74 Å². The molecule has 1 aromatic rings. The van der Waals surface area contributed by atoms with Gasteiger partial charge in [-0.2, -0.15) is 0 Å². The number of rotatable bonds is 10. The highest BCUT2D eigenvalue weighted by atomic mass is 16.5. The molecule has 0 spiro atoms. The van der Waals surface area contributed by atoms with E-state index >= 15 is 0 Å². The van der Waals surface area contributed by atoms with E-state index in [0.717, 1.165) is 11.7 Å². The maximum absolute atomic E-state index is 5.22. The summed E-state index contributed by atoms with van der Waals surface area (Å²) in [6.07, 6.45) is 10.8. The molecule has 0 aromatic heterocycles. The molecule has 108 valence electrons. The van der Waals surface area contributed by atoms with E-state index in [1.807, 2.05) is 0 Å². The minimum absolute atomic E-state index is 0.861. The molecule has 0 heterocycles. The molecule has 1 nitrogen and oxygen atoms in total. The molecule has 0 saturated carbocycles. The zero-order chi connectivity index (χ0) is 13.9. The van der Waals surface area contributed by atoms with Crippen LogP contribution < -0.4 is 4.74 Å². The smallest absolute Gasteiger partial charge is 0.118 e. The number of hydrogen-bond donors (Lipinski definition) is 0. The zero-order valence-corrected chi connectivity index (χ0v) is 13.0. The third-order valence-corrected chi connectivity index (χ3v) is 3.87. The summed E-state index contributed by atoms with van der Waals surface area (Å²) in [6.45, 7) is 4.57. The molecule has 1 atom stereocenters. The van der Waals surface area contributed by atoms with Gasteiger partial charge in [0.05, 0.1) is 7.11 Å². The SMILES string of the molecule is CCCCCC(CCCC)Cc1ccc(OC)cc1. The summed E-state index contributed by atoms with van der Waals surface area (Å²) in [4.78, 5) is 0. The zero-order valence-electron chi connectivity index (χ0n) is 13.0. The normalized spacial score (nSPS) is 12.4. The minimum Gasteiger partial charge on any atom is -0.497 e. The molecule has 0 aliphatic heterocycles. The highest BCUT2D eigenvalue weighted by Crippen LogP contribution is 2.22. The Labute approximate surface area is 119 Å². The molecule has 1 unspecified atom stereocenters. The maximum Gasteiger partial charge on any atom is 0.118 e. The first-order valence-electron chi connectivity index (χ1n) is 7.93. The van der Waals surface area contributed by atoms with E-state index in [1.165, 1.54) is 56.9 Å². The standard InChI is InChI=1S/C18H30O/c1-4-6-8-10-16(9-7-5-2)15-17-11-13-18(19-3)14-12-17/h11-14,16H,4-10,15H2,1-3H3. The van der Waals surface area contributed by atoms with Crippen LogP contribution in [0.25, 0.3) is 0 Å². The topological polar surface area (TPSA) is 9.23 Å². The van der Waals surface area contributed by atoms with Crippen molar-refractivity contribution < 1.29 is 4.74 Å². The molecule has 1 rings (SSSR count). The fraction of sp³-hybridized carbons (Fsp3) is 0.667. The monoisotopic (exact) mass is 262 g/mol. The lowest BCUT2D eigenvalue weighted by molar-refractivity contribution is 0.408. The third-order valence-electron chi connectivity index (χ3n) is 3.87. The first-order chi connectivity index (χ1) is 9.30. The Balaban J connectivity index is 2.48. The summed E-state index contributed by atoms with van der Waals surface area (Å²) < 4.78 is 5.22. The van der Waals surface area contributed by atoms with Gasteiger partial charge in [-0.25, -0.2) is 0 Å². The fourth-order valence-corrected chi connectivity index (χ4v) is 2.62. The summed E-state index contributed by atoms with van der Waals surface area (Å²) in [7, 11) is 1.73. The van der Waals surface area contributed by atoms with Gasteiger partial charge in [-0.05, 0) is 30.0 Å². The van der Waals surface area contributed by atoms with E-state index < -0.39 is 0 Å². The fourth-order valence-electron chi connectivity index (χ4n) is 2.62. The van der Waals surface area contributed by atoms with Crippen molar-refractivity contribution in [1.82, 2.24) is 0 Å².